The average Bonchev–Trinajstić information content (AvgIpc) is 3.00. The largest absolute Gasteiger partial charge is 0.375 e. The number of rotatable bonds is 3. The fourth-order valence-electron chi connectivity index (χ4n) is 3.11. The van der Waals surface area contributed by atoms with Gasteiger partial charge in [-0.3, -0.25) is 4.79 Å². The first-order valence-electron chi connectivity index (χ1n) is 8.12. The summed E-state index contributed by atoms with van der Waals surface area (Å²) in [6, 6.07) is 0.130. The molecule has 0 spiro atoms. The number of nitrogens with zero attached hydrogens (tertiary/aromatic N) is 2. The minimum Gasteiger partial charge on any atom is -0.375 e. The highest BCUT2D eigenvalue weighted by molar-refractivity contribution is 7.17. The van der Waals surface area contributed by atoms with Crippen molar-refractivity contribution in [2.24, 2.45) is 0 Å². The molecule has 1 aliphatic rings. The number of ether oxygens (including phenoxy) is 1. The molecule has 1 saturated heterocycles. The lowest BCUT2D eigenvalue weighted by atomic mass is 9.94. The number of aromatic nitrogens is 2. The number of amides is 1. The Balaban J connectivity index is 1.79. The Morgan fingerprint density at radius 2 is 2.04 bits per heavy atom. The minimum absolute atomic E-state index is 0.0642. The maximum Gasteiger partial charge on any atom is 0.263 e. The number of nitrogens with one attached hydrogen (secondary N) is 1. The van der Waals surface area contributed by atoms with Gasteiger partial charge in [-0.05, 0) is 47.5 Å². The van der Waals surface area contributed by atoms with Crippen LogP contribution in [0.15, 0.2) is 4.52 Å². The van der Waals surface area contributed by atoms with Gasteiger partial charge in [-0.25, -0.2) is 4.98 Å². The van der Waals surface area contributed by atoms with Gasteiger partial charge in [0.25, 0.3) is 5.91 Å². The second-order valence-electron chi connectivity index (χ2n) is 6.90. The van der Waals surface area contributed by atoms with E-state index in [-0.39, 0.29) is 17.6 Å². The summed E-state index contributed by atoms with van der Waals surface area (Å²) in [4.78, 5) is 17.9. The van der Waals surface area contributed by atoms with Crippen molar-refractivity contribution in [2.45, 2.75) is 59.1 Å². The first-order chi connectivity index (χ1) is 11.3. The van der Waals surface area contributed by atoms with Crippen molar-refractivity contribution in [1.29, 1.82) is 0 Å². The summed E-state index contributed by atoms with van der Waals surface area (Å²) in [7, 11) is 0. The second kappa shape index (κ2) is 6.29. The number of aryl methyl sites for hydroxylation is 3. The Morgan fingerprint density at radius 3 is 2.67 bits per heavy atom. The van der Waals surface area contributed by atoms with Crippen molar-refractivity contribution in [3.8, 4) is 10.6 Å². The standard InChI is InChI=1S/C17H23N3O3S/c1-9-13(11(3)23-20-9)16-18-10(2)14(24-16)15(21)19-12-6-7-22-17(4,5)8-12/h12H,6-8H2,1-5H3,(H,19,21)/t12-/m1/s1. The van der Waals surface area contributed by atoms with Crippen LogP contribution in [0, 0.1) is 20.8 Å². The molecule has 0 bridgehead atoms. The van der Waals surface area contributed by atoms with E-state index in [1.807, 2.05) is 20.8 Å². The summed E-state index contributed by atoms with van der Waals surface area (Å²) in [5.41, 5.74) is 2.22. The van der Waals surface area contributed by atoms with Gasteiger partial charge in [0.05, 0.1) is 22.6 Å². The number of hydrogen-bond acceptors (Lipinski definition) is 6. The Morgan fingerprint density at radius 1 is 1.29 bits per heavy atom. The van der Waals surface area contributed by atoms with Gasteiger partial charge in [-0.15, -0.1) is 11.3 Å². The molecule has 0 unspecified atom stereocenters. The first kappa shape index (κ1) is 17.1. The van der Waals surface area contributed by atoms with Crippen LogP contribution in [-0.4, -0.2) is 34.3 Å². The third-order valence-electron chi connectivity index (χ3n) is 4.28. The van der Waals surface area contributed by atoms with Gasteiger partial charge < -0.3 is 14.6 Å². The molecule has 1 N–H and O–H groups in total. The summed E-state index contributed by atoms with van der Waals surface area (Å²) in [6.07, 6.45) is 1.65. The molecule has 2 aromatic heterocycles. The molecule has 0 aliphatic carbocycles. The predicted octanol–water partition coefficient (Wildman–Crippen LogP) is 3.41. The molecule has 0 saturated carbocycles. The van der Waals surface area contributed by atoms with Crippen molar-refractivity contribution in [1.82, 2.24) is 15.5 Å². The van der Waals surface area contributed by atoms with Crippen molar-refractivity contribution < 1.29 is 14.1 Å². The fraction of sp³-hybridized carbons (Fsp3) is 0.588. The third-order valence-corrected chi connectivity index (χ3v) is 5.46. The maximum atomic E-state index is 12.7. The van der Waals surface area contributed by atoms with Crippen LogP contribution in [-0.2, 0) is 4.74 Å². The zero-order valence-corrected chi connectivity index (χ0v) is 15.5. The Kier molecular flexibility index (Phi) is 4.48. The van der Waals surface area contributed by atoms with E-state index in [2.05, 4.69) is 29.3 Å². The molecule has 1 atom stereocenters. The molecule has 7 heteroatoms. The normalized spacial score (nSPS) is 20.1. The van der Waals surface area contributed by atoms with Gasteiger partial charge in [0.1, 0.15) is 15.6 Å². The van der Waals surface area contributed by atoms with Crippen LogP contribution in [0.4, 0.5) is 0 Å². The van der Waals surface area contributed by atoms with E-state index in [9.17, 15) is 4.79 Å². The van der Waals surface area contributed by atoms with E-state index < -0.39 is 0 Å². The van der Waals surface area contributed by atoms with Gasteiger partial charge in [0, 0.05) is 12.6 Å². The molecule has 1 amide bonds. The molecule has 3 heterocycles. The van der Waals surface area contributed by atoms with Crippen LogP contribution in [0.25, 0.3) is 10.6 Å². The molecule has 1 fully saturated rings. The predicted molar refractivity (Wildman–Crippen MR) is 92.3 cm³/mol. The van der Waals surface area contributed by atoms with Crippen molar-refractivity contribution >= 4 is 17.2 Å². The van der Waals surface area contributed by atoms with E-state index in [4.69, 9.17) is 9.26 Å². The van der Waals surface area contributed by atoms with Crippen LogP contribution in [0.2, 0.25) is 0 Å². The average molecular weight is 349 g/mol. The number of thiazole rings is 1. The maximum absolute atomic E-state index is 12.7. The van der Waals surface area contributed by atoms with Gasteiger partial charge in [-0.2, -0.15) is 0 Å². The van der Waals surface area contributed by atoms with E-state index in [1.165, 1.54) is 11.3 Å². The Labute approximate surface area is 145 Å². The lowest BCUT2D eigenvalue weighted by molar-refractivity contribution is -0.0615. The number of hydrogen-bond donors (Lipinski definition) is 1. The van der Waals surface area contributed by atoms with Crippen molar-refractivity contribution in [2.75, 3.05) is 6.61 Å². The molecular weight excluding hydrogens is 326 g/mol. The summed E-state index contributed by atoms with van der Waals surface area (Å²) >= 11 is 1.39. The molecule has 2 aromatic rings. The van der Waals surface area contributed by atoms with E-state index in [1.54, 1.807) is 0 Å². The summed E-state index contributed by atoms with van der Waals surface area (Å²) in [6.45, 7) is 10.4. The zero-order valence-electron chi connectivity index (χ0n) is 14.7. The Bertz CT molecular complexity index is 744. The molecular formula is C17H23N3O3S. The lowest BCUT2D eigenvalue weighted by Crippen LogP contribution is -2.45. The molecule has 3 rings (SSSR count). The lowest BCUT2D eigenvalue weighted by Gasteiger charge is -2.35. The molecule has 1 aliphatic heterocycles. The van der Waals surface area contributed by atoms with Crippen molar-refractivity contribution in [3.63, 3.8) is 0 Å². The summed E-state index contributed by atoms with van der Waals surface area (Å²) in [5.74, 6) is 0.657. The fourth-order valence-corrected chi connectivity index (χ4v) is 4.22. The highest BCUT2D eigenvalue weighted by Gasteiger charge is 2.30. The monoisotopic (exact) mass is 349 g/mol. The smallest absolute Gasteiger partial charge is 0.263 e. The highest BCUT2D eigenvalue weighted by Crippen LogP contribution is 2.33. The van der Waals surface area contributed by atoms with Crippen molar-refractivity contribution in [3.05, 3.63) is 22.0 Å². The third kappa shape index (κ3) is 3.37. The van der Waals surface area contributed by atoms with E-state index in [0.29, 0.717) is 11.5 Å². The molecule has 130 valence electrons. The minimum atomic E-state index is -0.194. The first-order valence-corrected chi connectivity index (χ1v) is 8.94. The zero-order chi connectivity index (χ0) is 17.5. The molecule has 0 aromatic carbocycles. The number of carbonyl (C=O) groups is 1. The van der Waals surface area contributed by atoms with Crippen LogP contribution in [0.5, 0.6) is 0 Å². The van der Waals surface area contributed by atoms with Crippen LogP contribution in [0.1, 0.15) is 53.5 Å². The summed E-state index contributed by atoms with van der Waals surface area (Å²) in [5, 5.41) is 7.87. The van der Waals surface area contributed by atoms with Crippen LogP contribution < -0.4 is 5.32 Å². The van der Waals surface area contributed by atoms with Gasteiger partial charge >= 0.3 is 0 Å². The highest BCUT2D eigenvalue weighted by atomic mass is 32.1. The molecule has 24 heavy (non-hydrogen) atoms. The summed E-state index contributed by atoms with van der Waals surface area (Å²) < 4.78 is 10.9. The molecule has 6 nitrogen and oxygen atoms in total. The van der Waals surface area contributed by atoms with Gasteiger partial charge in [-0.1, -0.05) is 5.16 Å². The molecule has 0 radical (unpaired) electrons. The van der Waals surface area contributed by atoms with Gasteiger partial charge in [0.2, 0.25) is 0 Å². The number of carbonyl (C=O) groups excluding carboxylic acids is 1. The van der Waals surface area contributed by atoms with E-state index in [0.717, 1.165) is 40.6 Å². The Hall–Kier alpha value is -1.73. The second-order valence-corrected chi connectivity index (χ2v) is 7.90. The van der Waals surface area contributed by atoms with Crippen LogP contribution >= 0.6 is 11.3 Å². The van der Waals surface area contributed by atoms with Crippen LogP contribution in [0.3, 0.4) is 0 Å². The van der Waals surface area contributed by atoms with Gasteiger partial charge in [0.15, 0.2) is 0 Å². The quantitative estimate of drug-likeness (QED) is 0.919. The SMILES string of the molecule is Cc1nc(-c2c(C)noc2C)sc1C(=O)N[C@@H]1CCOC(C)(C)C1. The topological polar surface area (TPSA) is 77.2 Å². The van der Waals surface area contributed by atoms with E-state index >= 15 is 0 Å².